The van der Waals surface area contributed by atoms with Crippen molar-refractivity contribution in [3.05, 3.63) is 23.8 Å². The second-order valence-corrected chi connectivity index (χ2v) is 7.45. The van der Waals surface area contributed by atoms with E-state index >= 15 is 0 Å². The predicted octanol–water partition coefficient (Wildman–Crippen LogP) is 2.97. The van der Waals surface area contributed by atoms with Crippen LogP contribution in [0.5, 0.6) is 0 Å². The molecule has 5 heteroatoms. The molecule has 2 aliphatic heterocycles. The zero-order chi connectivity index (χ0) is 16.9. The van der Waals surface area contributed by atoms with Gasteiger partial charge >= 0.3 is 0 Å². The number of carbonyl (C=O) groups excluding carboxylic acids is 1. The first-order valence-electron chi connectivity index (χ1n) is 9.47. The fraction of sp³-hybridized carbons (Fsp3) is 0.737. The van der Waals surface area contributed by atoms with Gasteiger partial charge in [-0.15, -0.1) is 0 Å². The standard InChI is InChI=1S/C19H30N4O/c1-15(2)19-20-10-8-16(21-19)14-23-11-4-3-6-17(23)9-13-22-12-5-7-18(22)24/h8,10,15,17H,3-7,9,11-14H2,1-2H3. The first-order chi connectivity index (χ1) is 11.6. The van der Waals surface area contributed by atoms with Crippen molar-refractivity contribution in [1.82, 2.24) is 19.8 Å². The lowest BCUT2D eigenvalue weighted by Crippen LogP contribution is -2.41. The molecule has 132 valence electrons. The van der Waals surface area contributed by atoms with Gasteiger partial charge in [-0.05, 0) is 38.3 Å². The molecule has 1 atom stereocenters. The molecule has 2 fully saturated rings. The maximum atomic E-state index is 11.8. The zero-order valence-electron chi connectivity index (χ0n) is 15.1. The zero-order valence-corrected chi connectivity index (χ0v) is 15.1. The van der Waals surface area contributed by atoms with Crippen molar-refractivity contribution in [3.8, 4) is 0 Å². The fourth-order valence-electron chi connectivity index (χ4n) is 3.83. The number of rotatable bonds is 6. The minimum atomic E-state index is 0.342. The maximum absolute atomic E-state index is 11.8. The first kappa shape index (κ1) is 17.3. The molecule has 1 aromatic rings. The number of piperidine rings is 1. The minimum absolute atomic E-state index is 0.342. The highest BCUT2D eigenvalue weighted by atomic mass is 16.2. The summed E-state index contributed by atoms with van der Waals surface area (Å²) in [6.45, 7) is 8.18. The molecule has 2 saturated heterocycles. The molecule has 0 radical (unpaired) electrons. The minimum Gasteiger partial charge on any atom is -0.343 e. The molecule has 0 spiro atoms. The van der Waals surface area contributed by atoms with E-state index in [1.54, 1.807) is 0 Å². The number of nitrogens with zero attached hydrogens (tertiary/aromatic N) is 4. The highest BCUT2D eigenvalue weighted by Gasteiger charge is 2.26. The smallest absolute Gasteiger partial charge is 0.222 e. The van der Waals surface area contributed by atoms with E-state index in [-0.39, 0.29) is 0 Å². The van der Waals surface area contributed by atoms with Crippen LogP contribution < -0.4 is 0 Å². The third kappa shape index (κ3) is 4.32. The molecule has 1 unspecified atom stereocenters. The van der Waals surface area contributed by atoms with Crippen LogP contribution in [-0.4, -0.2) is 51.4 Å². The number of hydrogen-bond donors (Lipinski definition) is 0. The molecule has 0 saturated carbocycles. The molecule has 3 heterocycles. The Morgan fingerprint density at radius 3 is 2.88 bits per heavy atom. The molecule has 5 nitrogen and oxygen atoms in total. The summed E-state index contributed by atoms with van der Waals surface area (Å²) in [6, 6.07) is 2.62. The summed E-state index contributed by atoms with van der Waals surface area (Å²) < 4.78 is 0. The third-order valence-corrected chi connectivity index (χ3v) is 5.27. The van der Waals surface area contributed by atoms with E-state index in [1.807, 2.05) is 17.2 Å². The van der Waals surface area contributed by atoms with Gasteiger partial charge < -0.3 is 4.90 Å². The molecule has 2 aliphatic rings. The Morgan fingerprint density at radius 1 is 1.25 bits per heavy atom. The first-order valence-corrected chi connectivity index (χ1v) is 9.47. The van der Waals surface area contributed by atoms with Gasteiger partial charge in [-0.2, -0.15) is 0 Å². The number of hydrogen-bond acceptors (Lipinski definition) is 4. The Bertz CT molecular complexity index is 560. The summed E-state index contributed by atoms with van der Waals surface area (Å²) >= 11 is 0. The summed E-state index contributed by atoms with van der Waals surface area (Å²) in [7, 11) is 0. The molecule has 0 aromatic carbocycles. The Balaban J connectivity index is 1.59. The van der Waals surface area contributed by atoms with E-state index in [0.717, 1.165) is 57.0 Å². The Kier molecular flexibility index (Phi) is 5.82. The molecule has 24 heavy (non-hydrogen) atoms. The summed E-state index contributed by atoms with van der Waals surface area (Å²) in [5.74, 6) is 1.64. The van der Waals surface area contributed by atoms with Crippen molar-refractivity contribution in [1.29, 1.82) is 0 Å². The molecule has 0 bridgehead atoms. The van der Waals surface area contributed by atoms with Crippen LogP contribution in [0.3, 0.4) is 0 Å². The van der Waals surface area contributed by atoms with Crippen LogP contribution in [0.25, 0.3) is 0 Å². The summed E-state index contributed by atoms with van der Waals surface area (Å²) in [5.41, 5.74) is 1.12. The molecule has 0 N–H and O–H groups in total. The second-order valence-electron chi connectivity index (χ2n) is 7.45. The third-order valence-electron chi connectivity index (χ3n) is 5.27. The maximum Gasteiger partial charge on any atom is 0.222 e. The lowest BCUT2D eigenvalue weighted by Gasteiger charge is -2.36. The van der Waals surface area contributed by atoms with E-state index < -0.39 is 0 Å². The largest absolute Gasteiger partial charge is 0.343 e. The van der Waals surface area contributed by atoms with Crippen LogP contribution >= 0.6 is 0 Å². The van der Waals surface area contributed by atoms with Gasteiger partial charge in [-0.3, -0.25) is 9.69 Å². The van der Waals surface area contributed by atoms with Crippen molar-refractivity contribution >= 4 is 5.91 Å². The van der Waals surface area contributed by atoms with Gasteiger partial charge in [0.2, 0.25) is 5.91 Å². The fourth-order valence-corrected chi connectivity index (χ4v) is 3.83. The van der Waals surface area contributed by atoms with E-state index in [4.69, 9.17) is 4.98 Å². The molecule has 0 aliphatic carbocycles. The van der Waals surface area contributed by atoms with Gasteiger partial charge in [0.1, 0.15) is 5.82 Å². The summed E-state index contributed by atoms with van der Waals surface area (Å²) in [6.07, 6.45) is 8.56. The molecular weight excluding hydrogens is 300 g/mol. The summed E-state index contributed by atoms with van der Waals surface area (Å²) in [4.78, 5) is 25.5. The van der Waals surface area contributed by atoms with Crippen LogP contribution in [0.1, 0.15) is 69.8 Å². The van der Waals surface area contributed by atoms with Crippen LogP contribution in [0.4, 0.5) is 0 Å². The van der Waals surface area contributed by atoms with Gasteiger partial charge in [0.15, 0.2) is 0 Å². The van der Waals surface area contributed by atoms with Crippen LogP contribution in [-0.2, 0) is 11.3 Å². The SMILES string of the molecule is CC(C)c1nccc(CN2CCCCC2CCN2CCCC2=O)n1. The second kappa shape index (κ2) is 8.06. The van der Waals surface area contributed by atoms with Crippen LogP contribution in [0.15, 0.2) is 12.3 Å². The van der Waals surface area contributed by atoms with Gasteiger partial charge in [-0.1, -0.05) is 20.3 Å². The number of aromatic nitrogens is 2. The van der Waals surface area contributed by atoms with Crippen LogP contribution in [0, 0.1) is 0 Å². The van der Waals surface area contributed by atoms with Crippen molar-refractivity contribution in [2.24, 2.45) is 0 Å². The highest BCUT2D eigenvalue weighted by molar-refractivity contribution is 5.77. The van der Waals surface area contributed by atoms with Gasteiger partial charge in [0.25, 0.3) is 0 Å². The molecule has 1 aromatic heterocycles. The van der Waals surface area contributed by atoms with Crippen molar-refractivity contribution < 1.29 is 4.79 Å². The van der Waals surface area contributed by atoms with E-state index in [1.165, 1.54) is 19.3 Å². The average molecular weight is 330 g/mol. The number of amides is 1. The predicted molar refractivity (Wildman–Crippen MR) is 94.6 cm³/mol. The lowest BCUT2D eigenvalue weighted by atomic mass is 9.98. The molecular formula is C19H30N4O. The quantitative estimate of drug-likeness (QED) is 0.804. The van der Waals surface area contributed by atoms with E-state index in [0.29, 0.717) is 17.9 Å². The number of carbonyl (C=O) groups is 1. The van der Waals surface area contributed by atoms with Crippen molar-refractivity contribution in [2.45, 2.75) is 70.9 Å². The lowest BCUT2D eigenvalue weighted by molar-refractivity contribution is -0.127. The van der Waals surface area contributed by atoms with Gasteiger partial charge in [-0.25, -0.2) is 9.97 Å². The Morgan fingerprint density at radius 2 is 2.12 bits per heavy atom. The van der Waals surface area contributed by atoms with Crippen LogP contribution in [0.2, 0.25) is 0 Å². The monoisotopic (exact) mass is 330 g/mol. The molecule has 3 rings (SSSR count). The summed E-state index contributed by atoms with van der Waals surface area (Å²) in [5, 5.41) is 0. The average Bonchev–Trinajstić information content (AvgIpc) is 2.99. The Hall–Kier alpha value is -1.49. The van der Waals surface area contributed by atoms with Gasteiger partial charge in [0.05, 0.1) is 5.69 Å². The van der Waals surface area contributed by atoms with E-state index in [9.17, 15) is 4.79 Å². The highest BCUT2D eigenvalue weighted by Crippen LogP contribution is 2.23. The van der Waals surface area contributed by atoms with Crippen molar-refractivity contribution in [3.63, 3.8) is 0 Å². The topological polar surface area (TPSA) is 49.3 Å². The normalized spacial score (nSPS) is 22.5. The van der Waals surface area contributed by atoms with Gasteiger partial charge in [0, 0.05) is 44.2 Å². The molecule has 1 amide bonds. The Labute approximate surface area is 145 Å². The van der Waals surface area contributed by atoms with E-state index in [2.05, 4.69) is 23.7 Å². The van der Waals surface area contributed by atoms with Crippen molar-refractivity contribution in [2.75, 3.05) is 19.6 Å². The number of likely N-dealkylation sites (tertiary alicyclic amines) is 2.